The van der Waals surface area contributed by atoms with Gasteiger partial charge in [0.2, 0.25) is 0 Å². The van der Waals surface area contributed by atoms with Crippen molar-refractivity contribution >= 4 is 28.0 Å². The molecule has 0 amide bonds. The fourth-order valence-corrected chi connectivity index (χ4v) is 2.38. The van der Waals surface area contributed by atoms with Crippen LogP contribution in [-0.4, -0.2) is 4.99 Å². The van der Waals surface area contributed by atoms with Gasteiger partial charge in [-0.05, 0) is 17.0 Å². The lowest BCUT2D eigenvalue weighted by Crippen LogP contribution is -2.09. The number of ether oxygens (including phenoxy) is 1. The molecule has 104 valence electrons. The summed E-state index contributed by atoms with van der Waals surface area (Å²) in [5.74, 6) is 0.895. The summed E-state index contributed by atoms with van der Waals surface area (Å²) < 4.78 is 5.94. The summed E-state index contributed by atoms with van der Waals surface area (Å²) in [5.41, 5.74) is 7.55. The van der Waals surface area contributed by atoms with Crippen molar-refractivity contribution in [2.45, 2.75) is 6.61 Å². The third-order valence-corrected chi connectivity index (χ3v) is 3.62. The molecule has 0 bridgehead atoms. The average molecular weight is 293 g/mol. The van der Waals surface area contributed by atoms with Crippen LogP contribution in [0.3, 0.4) is 0 Å². The summed E-state index contributed by atoms with van der Waals surface area (Å²) in [6.45, 7) is 0.519. The second kappa shape index (κ2) is 5.94. The van der Waals surface area contributed by atoms with E-state index < -0.39 is 0 Å². The van der Waals surface area contributed by atoms with Crippen LogP contribution in [0.15, 0.2) is 66.7 Å². The van der Waals surface area contributed by atoms with Crippen LogP contribution in [0.4, 0.5) is 0 Å². The zero-order valence-corrected chi connectivity index (χ0v) is 12.3. The van der Waals surface area contributed by atoms with Gasteiger partial charge in [-0.2, -0.15) is 0 Å². The van der Waals surface area contributed by atoms with E-state index in [0.717, 1.165) is 22.3 Å². The van der Waals surface area contributed by atoms with Crippen LogP contribution in [0, 0.1) is 0 Å². The maximum Gasteiger partial charge on any atom is 0.127 e. The minimum atomic E-state index is 0.413. The van der Waals surface area contributed by atoms with Crippen molar-refractivity contribution in [1.29, 1.82) is 0 Å². The van der Waals surface area contributed by atoms with Gasteiger partial charge in [0, 0.05) is 10.9 Å². The number of nitrogens with two attached hydrogens (primary N) is 1. The van der Waals surface area contributed by atoms with E-state index in [0.29, 0.717) is 11.6 Å². The average Bonchev–Trinajstić information content (AvgIpc) is 2.53. The van der Waals surface area contributed by atoms with E-state index in [-0.39, 0.29) is 0 Å². The lowest BCUT2D eigenvalue weighted by molar-refractivity contribution is 0.310. The Labute approximate surface area is 129 Å². The Morgan fingerprint density at radius 3 is 2.38 bits per heavy atom. The van der Waals surface area contributed by atoms with Gasteiger partial charge in [-0.15, -0.1) is 0 Å². The second-order valence-electron chi connectivity index (χ2n) is 4.83. The van der Waals surface area contributed by atoms with Crippen molar-refractivity contribution in [3.63, 3.8) is 0 Å². The first-order chi connectivity index (χ1) is 10.2. The molecule has 0 aromatic heterocycles. The summed E-state index contributed by atoms with van der Waals surface area (Å²) in [4.78, 5) is 0.413. The van der Waals surface area contributed by atoms with Crippen molar-refractivity contribution in [3.05, 3.63) is 77.9 Å². The molecule has 2 nitrogen and oxygen atoms in total. The quantitative estimate of drug-likeness (QED) is 0.737. The van der Waals surface area contributed by atoms with E-state index in [1.54, 1.807) is 0 Å². The van der Waals surface area contributed by atoms with Crippen LogP contribution < -0.4 is 10.5 Å². The van der Waals surface area contributed by atoms with Crippen molar-refractivity contribution in [3.8, 4) is 5.75 Å². The van der Waals surface area contributed by atoms with E-state index in [2.05, 4.69) is 18.2 Å². The Kier molecular flexibility index (Phi) is 3.84. The Hall–Kier alpha value is -2.39. The first-order valence-corrected chi connectivity index (χ1v) is 7.14. The molecule has 0 heterocycles. The number of fused-ring (bicyclic) bond motifs is 1. The molecule has 0 aliphatic rings. The van der Waals surface area contributed by atoms with Crippen LogP contribution in [0.1, 0.15) is 11.1 Å². The minimum absolute atomic E-state index is 0.413. The molecular formula is C18H15NOS. The third-order valence-electron chi connectivity index (χ3n) is 3.38. The van der Waals surface area contributed by atoms with Crippen LogP contribution in [0.25, 0.3) is 10.8 Å². The Morgan fingerprint density at radius 2 is 1.62 bits per heavy atom. The fourth-order valence-electron chi connectivity index (χ4n) is 2.25. The molecule has 0 saturated heterocycles. The van der Waals surface area contributed by atoms with Gasteiger partial charge in [-0.3, -0.25) is 0 Å². The van der Waals surface area contributed by atoms with Gasteiger partial charge in [0.1, 0.15) is 17.3 Å². The molecule has 3 aromatic carbocycles. The highest BCUT2D eigenvalue weighted by Gasteiger charge is 2.02. The van der Waals surface area contributed by atoms with E-state index in [4.69, 9.17) is 22.7 Å². The molecule has 3 heteroatoms. The summed E-state index contributed by atoms with van der Waals surface area (Å²) >= 11 is 4.95. The second-order valence-corrected chi connectivity index (χ2v) is 5.27. The number of rotatable bonds is 4. The molecule has 0 fully saturated rings. The molecule has 0 saturated carbocycles. The van der Waals surface area contributed by atoms with Gasteiger partial charge in [0.15, 0.2) is 0 Å². The first-order valence-electron chi connectivity index (χ1n) is 6.73. The lowest BCUT2D eigenvalue weighted by atomic mass is 10.1. The zero-order chi connectivity index (χ0) is 14.7. The van der Waals surface area contributed by atoms with E-state index in [1.807, 2.05) is 48.5 Å². The van der Waals surface area contributed by atoms with Crippen LogP contribution >= 0.6 is 12.2 Å². The Balaban J connectivity index is 1.79. The Morgan fingerprint density at radius 1 is 0.905 bits per heavy atom. The summed E-state index contributed by atoms with van der Waals surface area (Å²) in [6, 6.07) is 22.1. The molecule has 0 spiro atoms. The van der Waals surface area contributed by atoms with Gasteiger partial charge in [0.05, 0.1) is 0 Å². The molecule has 0 unspecified atom stereocenters. The summed E-state index contributed by atoms with van der Waals surface area (Å²) in [5, 5.41) is 2.30. The maximum absolute atomic E-state index is 5.94. The zero-order valence-electron chi connectivity index (χ0n) is 11.5. The maximum atomic E-state index is 5.94. The largest absolute Gasteiger partial charge is 0.488 e. The topological polar surface area (TPSA) is 35.2 Å². The highest BCUT2D eigenvalue weighted by atomic mass is 32.1. The van der Waals surface area contributed by atoms with Crippen molar-refractivity contribution in [2.24, 2.45) is 5.73 Å². The molecule has 0 radical (unpaired) electrons. The van der Waals surface area contributed by atoms with Crippen molar-refractivity contribution < 1.29 is 4.74 Å². The van der Waals surface area contributed by atoms with Crippen LogP contribution in [-0.2, 0) is 6.61 Å². The van der Waals surface area contributed by atoms with Crippen molar-refractivity contribution in [2.75, 3.05) is 0 Å². The first kappa shape index (κ1) is 13.6. The predicted octanol–water partition coefficient (Wildman–Crippen LogP) is 4.05. The third kappa shape index (κ3) is 3.03. The standard InChI is InChI=1S/C18H15NOS/c19-18(21)15-10-8-13(9-11-15)12-20-17-7-3-5-14-4-1-2-6-16(14)17/h1-11H,12H2,(H2,19,21). The molecule has 3 rings (SSSR count). The number of thiocarbonyl (C=S) groups is 1. The molecule has 21 heavy (non-hydrogen) atoms. The van der Waals surface area contributed by atoms with Crippen LogP contribution in [0.5, 0.6) is 5.75 Å². The fraction of sp³-hybridized carbons (Fsp3) is 0.0556. The van der Waals surface area contributed by atoms with E-state index >= 15 is 0 Å². The predicted molar refractivity (Wildman–Crippen MR) is 90.6 cm³/mol. The van der Waals surface area contributed by atoms with Gasteiger partial charge < -0.3 is 10.5 Å². The molecular weight excluding hydrogens is 278 g/mol. The van der Waals surface area contributed by atoms with Crippen molar-refractivity contribution in [1.82, 2.24) is 0 Å². The molecule has 0 aliphatic heterocycles. The van der Waals surface area contributed by atoms with E-state index in [1.165, 1.54) is 5.39 Å². The summed E-state index contributed by atoms with van der Waals surface area (Å²) in [7, 11) is 0. The Bertz CT molecular complexity index is 775. The van der Waals surface area contributed by atoms with Gasteiger partial charge in [-0.1, -0.05) is 72.9 Å². The highest BCUT2D eigenvalue weighted by molar-refractivity contribution is 7.80. The highest BCUT2D eigenvalue weighted by Crippen LogP contribution is 2.25. The molecule has 0 atom stereocenters. The molecule has 2 N–H and O–H groups in total. The van der Waals surface area contributed by atoms with E-state index in [9.17, 15) is 0 Å². The van der Waals surface area contributed by atoms with Crippen LogP contribution in [0.2, 0.25) is 0 Å². The smallest absolute Gasteiger partial charge is 0.127 e. The van der Waals surface area contributed by atoms with Gasteiger partial charge in [0.25, 0.3) is 0 Å². The number of benzene rings is 3. The SMILES string of the molecule is NC(=S)c1ccc(COc2cccc3ccccc23)cc1. The number of hydrogen-bond acceptors (Lipinski definition) is 2. The monoisotopic (exact) mass is 293 g/mol. The van der Waals surface area contributed by atoms with Gasteiger partial charge >= 0.3 is 0 Å². The number of hydrogen-bond donors (Lipinski definition) is 1. The minimum Gasteiger partial charge on any atom is -0.488 e. The molecule has 0 aliphatic carbocycles. The lowest BCUT2D eigenvalue weighted by Gasteiger charge is -2.09. The normalized spacial score (nSPS) is 10.5. The summed E-state index contributed by atoms with van der Waals surface area (Å²) in [6.07, 6.45) is 0. The molecule has 3 aromatic rings. The van der Waals surface area contributed by atoms with Gasteiger partial charge in [-0.25, -0.2) is 0 Å².